The highest BCUT2D eigenvalue weighted by Gasteiger charge is 2.00. The van der Waals surface area contributed by atoms with Crippen molar-refractivity contribution in [3.63, 3.8) is 0 Å². The van der Waals surface area contributed by atoms with Gasteiger partial charge in [0.2, 0.25) is 0 Å². The lowest BCUT2D eigenvalue weighted by atomic mass is 10.0. The summed E-state index contributed by atoms with van der Waals surface area (Å²) in [5, 5.41) is 0. The van der Waals surface area contributed by atoms with E-state index in [9.17, 15) is 0 Å². The third-order valence-corrected chi connectivity index (χ3v) is 1.94. The van der Waals surface area contributed by atoms with Crippen molar-refractivity contribution in [2.24, 2.45) is 5.92 Å². The van der Waals surface area contributed by atoms with Gasteiger partial charge in [-0.05, 0) is 16.8 Å². The van der Waals surface area contributed by atoms with E-state index >= 15 is 0 Å². The van der Waals surface area contributed by atoms with Crippen LogP contribution in [-0.4, -0.2) is 0 Å². The highest BCUT2D eigenvalue weighted by Crippen LogP contribution is 2.19. The van der Waals surface area contributed by atoms with Crippen molar-refractivity contribution in [3.8, 4) is 0 Å². The van der Waals surface area contributed by atoms with Crippen LogP contribution in [0, 0.1) is 5.92 Å². The van der Waals surface area contributed by atoms with E-state index in [4.69, 9.17) is 0 Å². The van der Waals surface area contributed by atoms with Gasteiger partial charge in [0.05, 0.1) is 0 Å². The third-order valence-electron chi connectivity index (χ3n) is 1.62. The Morgan fingerprint density at radius 2 is 2.20 bits per heavy atom. The molecule has 0 aromatic rings. The fraction of sp³-hybridized carbons (Fsp3) is 0.778. The molecule has 0 saturated carbocycles. The van der Waals surface area contributed by atoms with Crippen molar-refractivity contribution >= 4 is 15.9 Å². The first-order valence-corrected chi connectivity index (χ1v) is 4.79. The molecule has 0 amide bonds. The molecule has 0 fully saturated rings. The number of halogens is 1. The third kappa shape index (κ3) is 6.34. The minimum absolute atomic E-state index is 0.798. The predicted octanol–water partition coefficient (Wildman–Crippen LogP) is 4.11. The van der Waals surface area contributed by atoms with E-state index in [0.717, 1.165) is 16.8 Å². The van der Waals surface area contributed by atoms with Crippen LogP contribution in [0.15, 0.2) is 11.1 Å². The maximum Gasteiger partial charge on any atom is -0.0119 e. The van der Waals surface area contributed by atoms with Crippen molar-refractivity contribution in [2.45, 2.75) is 39.5 Å². The van der Waals surface area contributed by atoms with Gasteiger partial charge in [0.25, 0.3) is 0 Å². The van der Waals surface area contributed by atoms with Gasteiger partial charge in [-0.15, -0.1) is 0 Å². The topological polar surface area (TPSA) is 0 Å². The molecule has 0 spiro atoms. The average Bonchev–Trinajstić information content (AvgIpc) is 1.82. The van der Waals surface area contributed by atoms with E-state index in [1.165, 1.54) is 19.3 Å². The highest BCUT2D eigenvalue weighted by atomic mass is 79.9. The van der Waals surface area contributed by atoms with Crippen LogP contribution in [0.1, 0.15) is 39.5 Å². The summed E-state index contributed by atoms with van der Waals surface area (Å²) in [7, 11) is 0. The van der Waals surface area contributed by atoms with Crippen LogP contribution in [0.5, 0.6) is 0 Å². The van der Waals surface area contributed by atoms with Crippen molar-refractivity contribution in [1.29, 1.82) is 0 Å². The van der Waals surface area contributed by atoms with Crippen LogP contribution in [0.4, 0.5) is 0 Å². The second-order valence-corrected chi connectivity index (χ2v) is 4.09. The Labute approximate surface area is 72.8 Å². The van der Waals surface area contributed by atoms with E-state index in [2.05, 4.69) is 36.4 Å². The minimum atomic E-state index is 0.798. The standard InChI is InChI=1S/C9H17Br/c1-4-5-6-8(2)7-9(3)10/h8H,3-7H2,1-2H3/t8-/m1/s1. The van der Waals surface area contributed by atoms with Crippen LogP contribution in [0.25, 0.3) is 0 Å². The molecule has 10 heavy (non-hydrogen) atoms. The molecule has 0 N–H and O–H groups in total. The maximum atomic E-state index is 3.82. The summed E-state index contributed by atoms with van der Waals surface area (Å²) in [6, 6.07) is 0. The van der Waals surface area contributed by atoms with Gasteiger partial charge in [-0.2, -0.15) is 0 Å². The average molecular weight is 205 g/mol. The van der Waals surface area contributed by atoms with Crippen molar-refractivity contribution in [1.82, 2.24) is 0 Å². The minimum Gasteiger partial charge on any atom is -0.0889 e. The SMILES string of the molecule is C=C(Br)C[C@H](C)CCCC. The molecular weight excluding hydrogens is 188 g/mol. The number of hydrogen-bond acceptors (Lipinski definition) is 0. The summed E-state index contributed by atoms with van der Waals surface area (Å²) in [6.45, 7) is 8.33. The fourth-order valence-corrected chi connectivity index (χ4v) is 1.59. The second kappa shape index (κ2) is 5.96. The molecule has 0 heterocycles. The number of hydrogen-bond donors (Lipinski definition) is 0. The first-order chi connectivity index (χ1) is 4.66. The summed E-state index contributed by atoms with van der Waals surface area (Å²) in [5.41, 5.74) is 0. The van der Waals surface area contributed by atoms with Gasteiger partial charge in [-0.25, -0.2) is 0 Å². The predicted molar refractivity (Wildman–Crippen MR) is 51.4 cm³/mol. The quantitative estimate of drug-likeness (QED) is 0.633. The number of unbranched alkanes of at least 4 members (excludes halogenated alkanes) is 1. The lowest BCUT2D eigenvalue weighted by molar-refractivity contribution is 0.510. The van der Waals surface area contributed by atoms with Crippen LogP contribution in [-0.2, 0) is 0 Å². The molecule has 0 aliphatic rings. The molecular formula is C9H17Br. The van der Waals surface area contributed by atoms with Gasteiger partial charge in [0.15, 0.2) is 0 Å². The lowest BCUT2D eigenvalue weighted by Crippen LogP contribution is -1.93. The van der Waals surface area contributed by atoms with E-state index < -0.39 is 0 Å². The van der Waals surface area contributed by atoms with Gasteiger partial charge >= 0.3 is 0 Å². The first-order valence-electron chi connectivity index (χ1n) is 4.00. The zero-order valence-electron chi connectivity index (χ0n) is 6.99. The summed E-state index contributed by atoms with van der Waals surface area (Å²) in [6.07, 6.45) is 5.11. The summed E-state index contributed by atoms with van der Waals surface area (Å²) >= 11 is 3.37. The maximum absolute atomic E-state index is 3.82. The van der Waals surface area contributed by atoms with Crippen LogP contribution in [0.2, 0.25) is 0 Å². The monoisotopic (exact) mass is 204 g/mol. The van der Waals surface area contributed by atoms with E-state index in [1.807, 2.05) is 0 Å². The van der Waals surface area contributed by atoms with Crippen LogP contribution in [0.3, 0.4) is 0 Å². The Morgan fingerprint density at radius 3 is 2.60 bits per heavy atom. The summed E-state index contributed by atoms with van der Waals surface area (Å²) in [4.78, 5) is 0. The largest absolute Gasteiger partial charge is 0.0889 e. The highest BCUT2D eigenvalue weighted by molar-refractivity contribution is 9.11. The van der Waals surface area contributed by atoms with Crippen LogP contribution >= 0.6 is 15.9 Å². The molecule has 0 aliphatic heterocycles. The molecule has 0 aromatic carbocycles. The fourth-order valence-electron chi connectivity index (χ4n) is 1.03. The zero-order chi connectivity index (χ0) is 7.98. The Morgan fingerprint density at radius 1 is 1.60 bits per heavy atom. The Bertz CT molecular complexity index is 96.9. The van der Waals surface area contributed by atoms with Crippen molar-refractivity contribution < 1.29 is 0 Å². The zero-order valence-corrected chi connectivity index (χ0v) is 8.58. The molecule has 0 radical (unpaired) electrons. The van der Waals surface area contributed by atoms with Crippen molar-refractivity contribution in [3.05, 3.63) is 11.1 Å². The molecule has 0 bridgehead atoms. The molecule has 0 unspecified atom stereocenters. The van der Waals surface area contributed by atoms with Gasteiger partial charge in [-0.3, -0.25) is 0 Å². The molecule has 0 aliphatic carbocycles. The van der Waals surface area contributed by atoms with Crippen molar-refractivity contribution in [2.75, 3.05) is 0 Å². The molecule has 1 heteroatoms. The Kier molecular flexibility index (Phi) is 6.10. The molecule has 0 rings (SSSR count). The number of allylic oxidation sites excluding steroid dienone is 1. The van der Waals surface area contributed by atoms with Gasteiger partial charge in [0.1, 0.15) is 0 Å². The van der Waals surface area contributed by atoms with E-state index in [0.29, 0.717) is 0 Å². The first kappa shape index (κ1) is 10.2. The molecule has 0 aromatic heterocycles. The molecule has 0 nitrogen and oxygen atoms in total. The summed E-state index contributed by atoms with van der Waals surface area (Å²) in [5.74, 6) is 0.798. The lowest BCUT2D eigenvalue weighted by Gasteiger charge is -2.08. The Hall–Kier alpha value is 0.220. The van der Waals surface area contributed by atoms with Gasteiger partial charge in [-0.1, -0.05) is 55.6 Å². The Balaban J connectivity index is 3.25. The molecule has 0 saturated heterocycles. The van der Waals surface area contributed by atoms with Gasteiger partial charge in [0, 0.05) is 0 Å². The van der Waals surface area contributed by atoms with E-state index in [-0.39, 0.29) is 0 Å². The molecule has 60 valence electrons. The molecule has 1 atom stereocenters. The second-order valence-electron chi connectivity index (χ2n) is 2.97. The smallest absolute Gasteiger partial charge is 0.0119 e. The summed E-state index contributed by atoms with van der Waals surface area (Å²) < 4.78 is 1.14. The van der Waals surface area contributed by atoms with Gasteiger partial charge < -0.3 is 0 Å². The normalized spacial score (nSPS) is 13.1. The number of rotatable bonds is 5. The van der Waals surface area contributed by atoms with Crippen LogP contribution < -0.4 is 0 Å². The van der Waals surface area contributed by atoms with E-state index in [1.54, 1.807) is 0 Å².